The highest BCUT2D eigenvalue weighted by molar-refractivity contribution is 7.18. The zero-order valence-electron chi connectivity index (χ0n) is 15.7. The average Bonchev–Trinajstić information content (AvgIpc) is 3.33. The second kappa shape index (κ2) is 8.38. The molecule has 6 heteroatoms. The molecule has 144 valence electrons. The quantitative estimate of drug-likeness (QED) is 0.839. The van der Waals surface area contributed by atoms with Crippen molar-refractivity contribution in [1.82, 2.24) is 15.2 Å². The van der Waals surface area contributed by atoms with E-state index in [2.05, 4.69) is 11.4 Å². The number of hydrogen-bond acceptors (Lipinski definition) is 4. The summed E-state index contributed by atoms with van der Waals surface area (Å²) in [6.07, 6.45) is 8.35. The molecule has 1 aliphatic carbocycles. The highest BCUT2D eigenvalue weighted by Crippen LogP contribution is 2.36. The zero-order valence-corrected chi connectivity index (χ0v) is 16.5. The van der Waals surface area contributed by atoms with Crippen molar-refractivity contribution in [3.05, 3.63) is 29.3 Å². The molecule has 1 unspecified atom stereocenters. The zero-order chi connectivity index (χ0) is 18.6. The lowest BCUT2D eigenvalue weighted by atomic mass is 9.95. The van der Waals surface area contributed by atoms with Crippen molar-refractivity contribution >= 4 is 33.4 Å². The monoisotopic (exact) mass is 385 g/mol. The third-order valence-corrected chi connectivity index (χ3v) is 6.84. The Morgan fingerprint density at radius 3 is 2.70 bits per heavy atom. The molecule has 1 aliphatic heterocycles. The van der Waals surface area contributed by atoms with Gasteiger partial charge in [-0.25, -0.2) is 4.98 Å². The van der Waals surface area contributed by atoms with Crippen LogP contribution in [0.25, 0.3) is 10.2 Å². The maximum Gasteiger partial charge on any atom is 0.223 e. The SMILES string of the molecule is O=C(CCC(=O)N1CCCC1c1nc2ccccc2s1)NC1CCCCC1. The minimum absolute atomic E-state index is 0.0194. The molecule has 2 fully saturated rings. The molecule has 1 saturated carbocycles. The van der Waals surface area contributed by atoms with E-state index in [1.54, 1.807) is 11.3 Å². The number of benzene rings is 1. The maximum absolute atomic E-state index is 12.8. The Balaban J connectivity index is 1.34. The van der Waals surface area contributed by atoms with Gasteiger partial charge in [0.05, 0.1) is 16.3 Å². The fraction of sp³-hybridized carbons (Fsp3) is 0.571. The van der Waals surface area contributed by atoms with Crippen molar-refractivity contribution in [3.8, 4) is 0 Å². The Morgan fingerprint density at radius 2 is 1.89 bits per heavy atom. The van der Waals surface area contributed by atoms with Crippen LogP contribution in [-0.2, 0) is 9.59 Å². The maximum atomic E-state index is 12.8. The molecule has 2 aliphatic rings. The second-order valence-corrected chi connectivity index (χ2v) is 8.73. The predicted octanol–water partition coefficient (Wildman–Crippen LogP) is 4.19. The standard InChI is InChI=1S/C21H27N3O2S/c25-19(22-15-7-2-1-3-8-15)12-13-20(26)24-14-6-10-17(24)21-23-16-9-4-5-11-18(16)27-21/h4-5,9,11,15,17H,1-3,6-8,10,12-14H2,(H,22,25). The minimum atomic E-state index is 0.0194. The number of amides is 2. The number of aromatic nitrogens is 1. The van der Waals surface area contributed by atoms with Gasteiger partial charge in [-0.2, -0.15) is 0 Å². The molecule has 1 atom stereocenters. The normalized spacial score (nSPS) is 20.9. The summed E-state index contributed by atoms with van der Waals surface area (Å²) >= 11 is 1.68. The van der Waals surface area contributed by atoms with Crippen molar-refractivity contribution in [2.45, 2.75) is 69.9 Å². The molecule has 1 saturated heterocycles. The van der Waals surface area contributed by atoms with Gasteiger partial charge in [0.2, 0.25) is 11.8 Å². The largest absolute Gasteiger partial charge is 0.353 e. The molecular weight excluding hydrogens is 358 g/mol. The van der Waals surface area contributed by atoms with E-state index in [0.717, 1.165) is 42.8 Å². The van der Waals surface area contributed by atoms with Crippen LogP contribution in [-0.4, -0.2) is 34.3 Å². The third-order valence-electron chi connectivity index (χ3n) is 5.70. The number of hydrogen-bond donors (Lipinski definition) is 1. The molecule has 2 heterocycles. The first-order chi connectivity index (χ1) is 13.2. The molecule has 2 amide bonds. The summed E-state index contributed by atoms with van der Waals surface area (Å²) in [5.41, 5.74) is 1.00. The first-order valence-electron chi connectivity index (χ1n) is 10.1. The summed E-state index contributed by atoms with van der Waals surface area (Å²) in [5, 5.41) is 4.13. The van der Waals surface area contributed by atoms with Gasteiger partial charge in [0.1, 0.15) is 5.01 Å². The lowest BCUT2D eigenvalue weighted by Gasteiger charge is -2.24. The summed E-state index contributed by atoms with van der Waals surface area (Å²) in [6.45, 7) is 0.768. The van der Waals surface area contributed by atoms with Crippen molar-refractivity contribution in [2.24, 2.45) is 0 Å². The molecule has 1 aromatic carbocycles. The second-order valence-electron chi connectivity index (χ2n) is 7.67. The van der Waals surface area contributed by atoms with Gasteiger partial charge in [0.15, 0.2) is 0 Å². The van der Waals surface area contributed by atoms with Gasteiger partial charge in [0.25, 0.3) is 0 Å². The third kappa shape index (κ3) is 4.32. The number of rotatable bonds is 5. The van der Waals surface area contributed by atoms with Gasteiger partial charge in [-0.3, -0.25) is 9.59 Å². The van der Waals surface area contributed by atoms with Crippen molar-refractivity contribution in [2.75, 3.05) is 6.54 Å². The number of carbonyl (C=O) groups is 2. The molecular formula is C21H27N3O2S. The Kier molecular flexibility index (Phi) is 5.72. The lowest BCUT2D eigenvalue weighted by molar-refractivity contribution is -0.134. The minimum Gasteiger partial charge on any atom is -0.353 e. The predicted molar refractivity (Wildman–Crippen MR) is 108 cm³/mol. The topological polar surface area (TPSA) is 62.3 Å². The Morgan fingerprint density at radius 1 is 1.07 bits per heavy atom. The number of nitrogens with zero attached hydrogens (tertiary/aromatic N) is 2. The fourth-order valence-corrected chi connectivity index (χ4v) is 5.38. The molecule has 0 bridgehead atoms. The number of likely N-dealkylation sites (tertiary alicyclic amines) is 1. The van der Waals surface area contributed by atoms with Crippen LogP contribution in [0.2, 0.25) is 0 Å². The van der Waals surface area contributed by atoms with Gasteiger partial charge in [-0.15, -0.1) is 11.3 Å². The van der Waals surface area contributed by atoms with Crippen LogP contribution < -0.4 is 5.32 Å². The van der Waals surface area contributed by atoms with E-state index in [1.807, 2.05) is 23.1 Å². The summed E-state index contributed by atoms with van der Waals surface area (Å²) in [4.78, 5) is 31.7. The van der Waals surface area contributed by atoms with E-state index in [-0.39, 0.29) is 17.9 Å². The van der Waals surface area contributed by atoms with Gasteiger partial charge < -0.3 is 10.2 Å². The van der Waals surface area contributed by atoms with Gasteiger partial charge in [-0.1, -0.05) is 31.4 Å². The van der Waals surface area contributed by atoms with E-state index < -0.39 is 0 Å². The van der Waals surface area contributed by atoms with Crippen molar-refractivity contribution in [3.63, 3.8) is 0 Å². The summed E-state index contributed by atoms with van der Waals surface area (Å²) < 4.78 is 1.17. The van der Waals surface area contributed by atoms with Crippen LogP contribution in [0.15, 0.2) is 24.3 Å². The molecule has 1 N–H and O–H groups in total. The fourth-order valence-electron chi connectivity index (χ4n) is 4.27. The van der Waals surface area contributed by atoms with Gasteiger partial charge in [-0.05, 0) is 37.8 Å². The molecule has 0 spiro atoms. The van der Waals surface area contributed by atoms with Crippen LogP contribution in [0.1, 0.15) is 68.8 Å². The highest BCUT2D eigenvalue weighted by atomic mass is 32.1. The van der Waals surface area contributed by atoms with E-state index in [0.29, 0.717) is 18.9 Å². The van der Waals surface area contributed by atoms with E-state index in [4.69, 9.17) is 4.98 Å². The van der Waals surface area contributed by atoms with Crippen LogP contribution in [0.4, 0.5) is 0 Å². The summed E-state index contributed by atoms with van der Waals surface area (Å²) in [6, 6.07) is 8.49. The number of para-hydroxylation sites is 1. The highest BCUT2D eigenvalue weighted by Gasteiger charge is 2.32. The molecule has 5 nitrogen and oxygen atoms in total. The molecule has 1 aromatic heterocycles. The first kappa shape index (κ1) is 18.4. The lowest BCUT2D eigenvalue weighted by Crippen LogP contribution is -2.37. The van der Waals surface area contributed by atoms with Crippen LogP contribution in [0.3, 0.4) is 0 Å². The van der Waals surface area contributed by atoms with Crippen LogP contribution >= 0.6 is 11.3 Å². The van der Waals surface area contributed by atoms with Crippen molar-refractivity contribution < 1.29 is 9.59 Å². The van der Waals surface area contributed by atoms with E-state index in [1.165, 1.54) is 24.0 Å². The number of nitrogens with one attached hydrogen (secondary N) is 1. The Hall–Kier alpha value is -1.95. The molecule has 2 aromatic rings. The van der Waals surface area contributed by atoms with E-state index in [9.17, 15) is 9.59 Å². The number of fused-ring (bicyclic) bond motifs is 1. The van der Waals surface area contributed by atoms with Crippen molar-refractivity contribution in [1.29, 1.82) is 0 Å². The average molecular weight is 386 g/mol. The number of carbonyl (C=O) groups excluding carboxylic acids is 2. The van der Waals surface area contributed by atoms with Crippen LogP contribution in [0, 0.1) is 0 Å². The first-order valence-corrected chi connectivity index (χ1v) is 11.0. The summed E-state index contributed by atoms with van der Waals surface area (Å²) in [5.74, 6) is 0.0986. The van der Waals surface area contributed by atoms with E-state index >= 15 is 0 Å². The number of thiazole rings is 1. The van der Waals surface area contributed by atoms with Crippen LogP contribution in [0.5, 0.6) is 0 Å². The molecule has 0 radical (unpaired) electrons. The summed E-state index contributed by atoms with van der Waals surface area (Å²) in [7, 11) is 0. The Labute approximate surface area is 164 Å². The smallest absolute Gasteiger partial charge is 0.223 e. The van der Waals surface area contributed by atoms with Gasteiger partial charge in [0, 0.05) is 25.4 Å². The molecule has 4 rings (SSSR count). The Bertz CT molecular complexity index is 780. The van der Waals surface area contributed by atoms with Gasteiger partial charge >= 0.3 is 0 Å². The molecule has 27 heavy (non-hydrogen) atoms.